The Kier molecular flexibility index (Phi) is 5.30. The molecule has 32 heavy (non-hydrogen) atoms. The minimum absolute atomic E-state index is 0.197. The van der Waals surface area contributed by atoms with Crippen LogP contribution < -0.4 is 16.3 Å². The number of fused-ring (bicyclic) bond motifs is 1. The Balaban J connectivity index is 1.31. The topological polar surface area (TPSA) is 80.4 Å². The Labute approximate surface area is 193 Å². The molecule has 2 aromatic heterocycles. The molecule has 0 spiro atoms. The van der Waals surface area contributed by atoms with Gasteiger partial charge in [-0.15, -0.1) is 5.10 Å². The van der Waals surface area contributed by atoms with E-state index in [1.54, 1.807) is 18.3 Å². The highest BCUT2D eigenvalue weighted by atomic mass is 79.9. The number of benzene rings is 2. The molecule has 7 nitrogen and oxygen atoms in total. The van der Waals surface area contributed by atoms with Crippen LogP contribution in [0.1, 0.15) is 30.4 Å². The lowest BCUT2D eigenvalue weighted by atomic mass is 9.72. The van der Waals surface area contributed by atoms with E-state index in [1.165, 1.54) is 9.08 Å². The van der Waals surface area contributed by atoms with Crippen LogP contribution in [0.4, 0.5) is 10.5 Å². The van der Waals surface area contributed by atoms with Crippen LogP contribution >= 0.6 is 15.9 Å². The summed E-state index contributed by atoms with van der Waals surface area (Å²) in [5, 5.41) is 10.5. The minimum Gasteiger partial charge on any atom is -0.328 e. The monoisotopic (exact) mass is 491 g/mol. The second-order valence-electron chi connectivity index (χ2n) is 8.09. The van der Waals surface area contributed by atoms with Crippen molar-refractivity contribution in [1.29, 1.82) is 0 Å². The van der Waals surface area contributed by atoms with Crippen LogP contribution in [0.2, 0.25) is 0 Å². The molecule has 2 heterocycles. The number of carbonyl (C=O) groups is 1. The van der Waals surface area contributed by atoms with Crippen molar-refractivity contribution in [2.45, 2.75) is 31.3 Å². The first-order valence-electron chi connectivity index (χ1n) is 10.5. The lowest BCUT2D eigenvalue weighted by Gasteiger charge is -2.43. The molecule has 0 bridgehead atoms. The van der Waals surface area contributed by atoms with Gasteiger partial charge in [0, 0.05) is 16.4 Å². The van der Waals surface area contributed by atoms with Crippen molar-refractivity contribution in [2.24, 2.45) is 0 Å². The summed E-state index contributed by atoms with van der Waals surface area (Å²) in [5.41, 5.74) is 2.71. The summed E-state index contributed by atoms with van der Waals surface area (Å²) in [4.78, 5) is 25.3. The van der Waals surface area contributed by atoms with Crippen LogP contribution in [0.25, 0.3) is 5.65 Å². The van der Waals surface area contributed by atoms with Gasteiger partial charge < -0.3 is 10.6 Å². The van der Waals surface area contributed by atoms with Crippen LogP contribution in [0.3, 0.4) is 0 Å². The third-order valence-corrected chi connectivity index (χ3v) is 6.44. The molecule has 2 N–H and O–H groups in total. The van der Waals surface area contributed by atoms with Crippen LogP contribution in [-0.4, -0.2) is 20.2 Å². The summed E-state index contributed by atoms with van der Waals surface area (Å²) in [6.07, 6.45) is 4.60. The number of urea groups is 1. The highest BCUT2D eigenvalue weighted by molar-refractivity contribution is 9.10. The number of hydrogen-bond donors (Lipinski definition) is 2. The molecule has 2 aromatic carbocycles. The van der Waals surface area contributed by atoms with Gasteiger partial charge in [-0.1, -0.05) is 46.3 Å². The van der Waals surface area contributed by atoms with Crippen molar-refractivity contribution in [2.75, 3.05) is 5.32 Å². The van der Waals surface area contributed by atoms with Gasteiger partial charge in [-0.25, -0.2) is 14.3 Å². The zero-order valence-electron chi connectivity index (χ0n) is 17.3. The van der Waals surface area contributed by atoms with E-state index in [0.29, 0.717) is 17.9 Å². The molecule has 2 amide bonds. The molecule has 162 valence electrons. The summed E-state index contributed by atoms with van der Waals surface area (Å²) < 4.78 is 3.93. The molecular weight excluding hydrogens is 470 g/mol. The molecule has 5 rings (SSSR count). The quantitative estimate of drug-likeness (QED) is 0.431. The van der Waals surface area contributed by atoms with Crippen LogP contribution in [-0.2, 0) is 12.1 Å². The molecule has 0 aliphatic heterocycles. The van der Waals surface area contributed by atoms with Gasteiger partial charge in [-0.2, -0.15) is 0 Å². The first kappa shape index (κ1) is 20.5. The van der Waals surface area contributed by atoms with Crippen molar-refractivity contribution in [3.63, 3.8) is 0 Å². The summed E-state index contributed by atoms with van der Waals surface area (Å²) in [6.45, 7) is 0.319. The molecule has 1 aliphatic carbocycles. The van der Waals surface area contributed by atoms with E-state index in [2.05, 4.69) is 43.8 Å². The van der Waals surface area contributed by atoms with Crippen molar-refractivity contribution in [3.05, 3.63) is 99.0 Å². The molecule has 1 fully saturated rings. The fourth-order valence-corrected chi connectivity index (χ4v) is 4.57. The van der Waals surface area contributed by atoms with Crippen molar-refractivity contribution < 1.29 is 4.79 Å². The van der Waals surface area contributed by atoms with E-state index < -0.39 is 0 Å². The predicted molar refractivity (Wildman–Crippen MR) is 127 cm³/mol. The number of anilines is 1. The van der Waals surface area contributed by atoms with E-state index >= 15 is 0 Å². The number of amides is 2. The van der Waals surface area contributed by atoms with E-state index in [1.807, 2.05) is 42.5 Å². The molecule has 8 heteroatoms. The maximum atomic E-state index is 12.8. The Morgan fingerprint density at radius 3 is 2.66 bits per heavy atom. The fourth-order valence-electron chi connectivity index (χ4n) is 4.17. The number of aromatic nitrogens is 3. The summed E-state index contributed by atoms with van der Waals surface area (Å²) in [7, 11) is 0. The zero-order valence-corrected chi connectivity index (χ0v) is 18.9. The number of hydrogen-bond acceptors (Lipinski definition) is 3. The molecular formula is C24H22BrN5O2. The van der Waals surface area contributed by atoms with Crippen molar-refractivity contribution in [1.82, 2.24) is 19.5 Å². The number of nitrogens with one attached hydrogen (secondary N) is 2. The van der Waals surface area contributed by atoms with E-state index in [9.17, 15) is 9.59 Å². The third kappa shape index (κ3) is 3.93. The average Bonchev–Trinajstić information content (AvgIpc) is 3.06. The highest BCUT2D eigenvalue weighted by Crippen LogP contribution is 2.42. The molecule has 4 aromatic rings. The number of nitrogens with zero attached hydrogens (tertiary/aromatic N) is 3. The Morgan fingerprint density at radius 2 is 1.91 bits per heavy atom. The van der Waals surface area contributed by atoms with Gasteiger partial charge in [0.2, 0.25) is 0 Å². The lowest BCUT2D eigenvalue weighted by Crippen LogP contribution is -2.52. The lowest BCUT2D eigenvalue weighted by molar-refractivity contribution is 0.185. The highest BCUT2D eigenvalue weighted by Gasteiger charge is 2.40. The molecule has 0 radical (unpaired) electrons. The Morgan fingerprint density at radius 1 is 1.06 bits per heavy atom. The zero-order chi connectivity index (χ0) is 22.1. The van der Waals surface area contributed by atoms with E-state index in [4.69, 9.17) is 0 Å². The second kappa shape index (κ2) is 8.27. The van der Waals surface area contributed by atoms with Gasteiger partial charge >= 0.3 is 11.7 Å². The second-order valence-corrected chi connectivity index (χ2v) is 9.01. The van der Waals surface area contributed by atoms with Crippen LogP contribution in [0.15, 0.2) is 82.2 Å². The van der Waals surface area contributed by atoms with Crippen LogP contribution in [0, 0.1) is 0 Å². The van der Waals surface area contributed by atoms with Crippen molar-refractivity contribution in [3.8, 4) is 0 Å². The standard InChI is InChI=1S/C24H22BrN5O2/c25-19-8-4-7-18(15-19)24(11-5-12-24)27-22(31)26-20-9-3-6-17(14-20)16-30-23(32)29-13-2-1-10-21(29)28-30/h1-4,6-10,13-15H,5,11-12,16H2,(H2,26,27,31). The molecule has 0 atom stereocenters. The minimum atomic E-state index is -0.338. The van der Waals surface area contributed by atoms with Gasteiger partial charge in [-0.3, -0.25) is 4.40 Å². The molecule has 1 aliphatic rings. The van der Waals surface area contributed by atoms with E-state index in [0.717, 1.165) is 34.9 Å². The smallest absolute Gasteiger partial charge is 0.328 e. The van der Waals surface area contributed by atoms with Gasteiger partial charge in [-0.05, 0) is 66.8 Å². The average molecular weight is 492 g/mol. The SMILES string of the molecule is O=C(Nc1cccc(Cn2nc3ccccn3c2=O)c1)NC1(c2cccc(Br)c2)CCC1. The first-order valence-corrected chi connectivity index (χ1v) is 11.3. The summed E-state index contributed by atoms with van der Waals surface area (Å²) in [6, 6.07) is 20.8. The fraction of sp³-hybridized carbons (Fsp3) is 0.208. The van der Waals surface area contributed by atoms with Crippen molar-refractivity contribution >= 4 is 33.3 Å². The van der Waals surface area contributed by atoms with Gasteiger partial charge in [0.15, 0.2) is 5.65 Å². The maximum Gasteiger partial charge on any atom is 0.350 e. The number of carbonyl (C=O) groups excluding carboxylic acids is 1. The summed E-state index contributed by atoms with van der Waals surface area (Å²) >= 11 is 3.52. The Hall–Kier alpha value is -3.39. The Bertz CT molecular complexity index is 1360. The molecule has 0 saturated heterocycles. The number of pyridine rings is 1. The predicted octanol–water partition coefficient (Wildman–Crippen LogP) is 4.51. The van der Waals surface area contributed by atoms with Gasteiger partial charge in [0.1, 0.15) is 0 Å². The van der Waals surface area contributed by atoms with E-state index in [-0.39, 0.29) is 17.3 Å². The first-order chi connectivity index (χ1) is 15.5. The van der Waals surface area contributed by atoms with Gasteiger partial charge in [0.25, 0.3) is 0 Å². The number of rotatable bonds is 5. The molecule has 1 saturated carbocycles. The normalized spacial score (nSPS) is 14.7. The summed E-state index contributed by atoms with van der Waals surface area (Å²) in [5.74, 6) is 0. The van der Waals surface area contributed by atoms with Crippen LogP contribution in [0.5, 0.6) is 0 Å². The number of halogens is 1. The molecule has 0 unspecified atom stereocenters. The largest absolute Gasteiger partial charge is 0.350 e. The maximum absolute atomic E-state index is 12.8. The third-order valence-electron chi connectivity index (χ3n) is 5.94. The van der Waals surface area contributed by atoms with Gasteiger partial charge in [0.05, 0.1) is 12.1 Å².